The summed E-state index contributed by atoms with van der Waals surface area (Å²) < 4.78 is 11.7. The number of ether oxygens (including phenoxy) is 2. The first-order valence-corrected chi connectivity index (χ1v) is 9.69. The first-order valence-electron chi connectivity index (χ1n) is 9.69. The zero-order valence-electron chi connectivity index (χ0n) is 16.7. The Labute approximate surface area is 166 Å². The van der Waals surface area contributed by atoms with Crippen molar-refractivity contribution in [1.82, 2.24) is 0 Å². The van der Waals surface area contributed by atoms with Crippen molar-refractivity contribution in [3.63, 3.8) is 0 Å². The average Bonchev–Trinajstić information content (AvgIpc) is 3.28. The molecule has 2 aromatic carbocycles. The number of hydrogen-bond donors (Lipinski definition) is 0. The van der Waals surface area contributed by atoms with Crippen LogP contribution in [-0.4, -0.2) is 33.2 Å². The second kappa shape index (κ2) is 7.23. The van der Waals surface area contributed by atoms with E-state index < -0.39 is 0 Å². The molecule has 4 rings (SSSR count). The van der Waals surface area contributed by atoms with Crippen LogP contribution in [-0.2, 0) is 0 Å². The summed E-state index contributed by atoms with van der Waals surface area (Å²) in [5.74, 6) is 1.29. The van der Waals surface area contributed by atoms with Gasteiger partial charge in [0.15, 0.2) is 11.5 Å². The van der Waals surface area contributed by atoms with Gasteiger partial charge < -0.3 is 14.4 Å². The number of carbonyl (C=O) groups excluding carboxylic acids is 1. The van der Waals surface area contributed by atoms with Crippen LogP contribution in [0, 0.1) is 0 Å². The van der Waals surface area contributed by atoms with E-state index in [1.807, 2.05) is 55.4 Å². The molecule has 0 bridgehead atoms. The molecule has 0 spiro atoms. The molecule has 0 N–H and O–H groups in total. The van der Waals surface area contributed by atoms with Gasteiger partial charge in [-0.3, -0.25) is 9.69 Å². The number of carbonyl (C=O) groups is 1. The van der Waals surface area contributed by atoms with Crippen molar-refractivity contribution in [2.45, 2.75) is 31.8 Å². The SMILES string of the molecule is C=C1c2ccc(N(C)C)cc2C(=O)N1c1ccc(OC)c(OC2CCCC2)c1. The summed E-state index contributed by atoms with van der Waals surface area (Å²) in [6.45, 7) is 4.17. The van der Waals surface area contributed by atoms with Gasteiger partial charge in [-0.2, -0.15) is 0 Å². The van der Waals surface area contributed by atoms with Gasteiger partial charge in [0.05, 0.1) is 30.2 Å². The van der Waals surface area contributed by atoms with Crippen LogP contribution in [0.15, 0.2) is 43.0 Å². The Morgan fingerprint density at radius 1 is 1.04 bits per heavy atom. The molecule has 1 fully saturated rings. The highest BCUT2D eigenvalue weighted by Crippen LogP contribution is 2.41. The topological polar surface area (TPSA) is 42.0 Å². The summed E-state index contributed by atoms with van der Waals surface area (Å²) in [6.07, 6.45) is 4.71. The molecule has 1 aliphatic heterocycles. The minimum absolute atomic E-state index is 0.0688. The smallest absolute Gasteiger partial charge is 0.263 e. The number of hydrogen-bond acceptors (Lipinski definition) is 4. The molecule has 0 unspecified atom stereocenters. The molecule has 5 nitrogen and oxygen atoms in total. The molecule has 2 aromatic rings. The van der Waals surface area contributed by atoms with Gasteiger partial charge in [0.2, 0.25) is 0 Å². The molecule has 5 heteroatoms. The van der Waals surface area contributed by atoms with E-state index in [0.717, 1.165) is 29.8 Å². The summed E-state index contributed by atoms with van der Waals surface area (Å²) >= 11 is 0. The molecule has 28 heavy (non-hydrogen) atoms. The monoisotopic (exact) mass is 378 g/mol. The van der Waals surface area contributed by atoms with Gasteiger partial charge in [0, 0.05) is 31.4 Å². The van der Waals surface area contributed by atoms with Gasteiger partial charge in [-0.1, -0.05) is 12.6 Å². The molecule has 1 aliphatic carbocycles. The lowest BCUT2D eigenvalue weighted by Crippen LogP contribution is -2.22. The number of fused-ring (bicyclic) bond motifs is 1. The highest BCUT2D eigenvalue weighted by molar-refractivity contribution is 6.22. The van der Waals surface area contributed by atoms with E-state index >= 15 is 0 Å². The molecule has 0 saturated heterocycles. The minimum Gasteiger partial charge on any atom is -0.493 e. The Morgan fingerprint density at radius 2 is 1.79 bits per heavy atom. The summed E-state index contributed by atoms with van der Waals surface area (Å²) in [4.78, 5) is 16.8. The number of amides is 1. The second-order valence-electron chi connectivity index (χ2n) is 7.57. The number of nitrogens with zero attached hydrogens (tertiary/aromatic N) is 2. The standard InChI is InChI=1S/C23H26N2O3/c1-15-19-11-9-16(24(2)3)13-20(19)23(26)25(15)17-10-12-21(27-4)22(14-17)28-18-7-5-6-8-18/h9-14,18H,1,5-8H2,2-4H3. The third-order valence-electron chi connectivity index (χ3n) is 5.54. The van der Waals surface area contributed by atoms with E-state index in [1.165, 1.54) is 12.8 Å². The van der Waals surface area contributed by atoms with E-state index in [9.17, 15) is 4.79 Å². The zero-order chi connectivity index (χ0) is 19.8. The number of methoxy groups -OCH3 is 1. The lowest BCUT2D eigenvalue weighted by Gasteiger charge is -2.21. The third kappa shape index (κ3) is 3.11. The molecule has 0 aromatic heterocycles. The Hall–Kier alpha value is -2.95. The Kier molecular flexibility index (Phi) is 4.75. The molecule has 1 amide bonds. The third-order valence-corrected chi connectivity index (χ3v) is 5.54. The summed E-state index contributed by atoms with van der Waals surface area (Å²) in [5, 5.41) is 0. The van der Waals surface area contributed by atoms with Crippen LogP contribution >= 0.6 is 0 Å². The van der Waals surface area contributed by atoms with E-state index in [1.54, 1.807) is 12.0 Å². The zero-order valence-corrected chi connectivity index (χ0v) is 16.7. The van der Waals surface area contributed by atoms with Crippen molar-refractivity contribution in [3.8, 4) is 11.5 Å². The Bertz CT molecular complexity index is 929. The maximum absolute atomic E-state index is 13.2. The predicted octanol–water partition coefficient (Wildman–Crippen LogP) is 4.71. The summed E-state index contributed by atoms with van der Waals surface area (Å²) in [5.41, 5.74) is 3.95. The van der Waals surface area contributed by atoms with Crippen molar-refractivity contribution in [2.24, 2.45) is 0 Å². The number of rotatable bonds is 5. The fourth-order valence-electron chi connectivity index (χ4n) is 3.96. The van der Waals surface area contributed by atoms with E-state index in [0.29, 0.717) is 22.8 Å². The molecular weight excluding hydrogens is 352 g/mol. The molecule has 0 radical (unpaired) electrons. The van der Waals surface area contributed by atoms with Crippen molar-refractivity contribution in [1.29, 1.82) is 0 Å². The predicted molar refractivity (Wildman–Crippen MR) is 112 cm³/mol. The first-order chi connectivity index (χ1) is 13.5. The van der Waals surface area contributed by atoms with Crippen molar-refractivity contribution in [3.05, 3.63) is 54.1 Å². The van der Waals surface area contributed by atoms with Gasteiger partial charge >= 0.3 is 0 Å². The highest BCUT2D eigenvalue weighted by atomic mass is 16.5. The summed E-state index contributed by atoms with van der Waals surface area (Å²) in [6, 6.07) is 11.5. The van der Waals surface area contributed by atoms with Crippen LogP contribution in [0.1, 0.15) is 41.6 Å². The number of anilines is 2. The minimum atomic E-state index is -0.0688. The second-order valence-corrected chi connectivity index (χ2v) is 7.57. The van der Waals surface area contributed by atoms with E-state index in [2.05, 4.69) is 6.58 Å². The van der Waals surface area contributed by atoms with Gasteiger partial charge in [-0.25, -0.2) is 0 Å². The van der Waals surface area contributed by atoms with Crippen molar-refractivity contribution in [2.75, 3.05) is 31.0 Å². The van der Waals surface area contributed by atoms with Gasteiger partial charge in [0.25, 0.3) is 5.91 Å². The van der Waals surface area contributed by atoms with Crippen LogP contribution in [0.2, 0.25) is 0 Å². The maximum Gasteiger partial charge on any atom is 0.263 e. The lowest BCUT2D eigenvalue weighted by atomic mass is 10.1. The van der Waals surface area contributed by atoms with Crippen molar-refractivity contribution >= 4 is 23.0 Å². The van der Waals surface area contributed by atoms with Crippen LogP contribution in [0.4, 0.5) is 11.4 Å². The fourth-order valence-corrected chi connectivity index (χ4v) is 3.96. The molecular formula is C23H26N2O3. The number of benzene rings is 2. The van der Waals surface area contributed by atoms with Crippen LogP contribution in [0.5, 0.6) is 11.5 Å². The molecule has 0 atom stereocenters. The maximum atomic E-state index is 13.2. The molecule has 2 aliphatic rings. The molecule has 1 saturated carbocycles. The Morgan fingerprint density at radius 3 is 2.46 bits per heavy atom. The van der Waals surface area contributed by atoms with Crippen LogP contribution in [0.3, 0.4) is 0 Å². The summed E-state index contributed by atoms with van der Waals surface area (Å²) in [7, 11) is 5.56. The molecule has 1 heterocycles. The van der Waals surface area contributed by atoms with Gasteiger partial charge in [-0.15, -0.1) is 0 Å². The van der Waals surface area contributed by atoms with Crippen LogP contribution in [0.25, 0.3) is 5.70 Å². The highest BCUT2D eigenvalue weighted by Gasteiger charge is 2.33. The van der Waals surface area contributed by atoms with E-state index in [4.69, 9.17) is 9.47 Å². The Balaban J connectivity index is 1.68. The van der Waals surface area contributed by atoms with Crippen molar-refractivity contribution < 1.29 is 14.3 Å². The van der Waals surface area contributed by atoms with Gasteiger partial charge in [-0.05, 0) is 49.9 Å². The quantitative estimate of drug-likeness (QED) is 0.755. The van der Waals surface area contributed by atoms with Crippen LogP contribution < -0.4 is 19.3 Å². The van der Waals surface area contributed by atoms with Gasteiger partial charge in [0.1, 0.15) is 0 Å². The average molecular weight is 378 g/mol. The lowest BCUT2D eigenvalue weighted by molar-refractivity contribution is 0.101. The largest absolute Gasteiger partial charge is 0.493 e. The normalized spacial score (nSPS) is 16.5. The fraction of sp³-hybridized carbons (Fsp3) is 0.348. The molecule has 146 valence electrons. The van der Waals surface area contributed by atoms with E-state index in [-0.39, 0.29) is 12.0 Å². The first kappa shape index (κ1) is 18.4.